The Hall–Kier alpha value is -2.25. The number of fused-ring (bicyclic) bond motifs is 3. The average Bonchev–Trinajstić information content (AvgIpc) is 3.55. The van der Waals surface area contributed by atoms with E-state index in [4.69, 9.17) is 23.2 Å². The molecule has 45 heavy (non-hydrogen) atoms. The molecule has 0 saturated carbocycles. The zero-order chi connectivity index (χ0) is 30.5. The Morgan fingerprint density at radius 2 is 1.40 bits per heavy atom. The van der Waals surface area contributed by atoms with Crippen molar-refractivity contribution < 1.29 is 46.1 Å². The SMILES string of the molecule is C=Cc1ccc2c(c1)-c1cc(C=C)c[c]([Zr+2]([C]3=CC(C(C)(C)C)=CC3C)=[C](c3cccc(Cl)c3)c3cccc(Cl)c3)c1C2.[Cl-].[Cl-]. The Kier molecular flexibility index (Phi) is 11.3. The predicted molar refractivity (Wildman–Crippen MR) is 185 cm³/mol. The standard InChI is InChI=1S/C17H13.C13H8Cl2.C10H15.2ClH.Zr/c1-3-12-5-7-14-11-15-8-6-13(4-2)10-17(15)16(14)9-12;14-12-5-1-3-10(8-12)7-11-4-2-6-13(15)9-11;1-8-5-6-9(7-8)10(2,3)4;;;/h3-7,9-10H,1-2,11H2;1-6,8-9H;6-8H,1-4H3;2*1H;/q;;;;;+2/p-2. The predicted octanol–water partition coefficient (Wildman–Crippen LogP) is 4.88. The second kappa shape index (κ2) is 14.3. The number of rotatable bonds is 6. The third kappa shape index (κ3) is 7.05. The maximum Gasteiger partial charge on any atom is -1.00 e. The summed E-state index contributed by atoms with van der Waals surface area (Å²) in [5.74, 6) is 0.344. The quantitative estimate of drug-likeness (QED) is 0.233. The molecule has 0 bridgehead atoms. The van der Waals surface area contributed by atoms with Crippen LogP contribution in [0.5, 0.6) is 0 Å². The van der Waals surface area contributed by atoms with E-state index in [1.807, 2.05) is 24.3 Å². The molecule has 0 aromatic heterocycles. The molecule has 0 heterocycles. The number of hydrogen-bond acceptors (Lipinski definition) is 0. The summed E-state index contributed by atoms with van der Waals surface area (Å²) in [4.78, 5) is 0. The van der Waals surface area contributed by atoms with Gasteiger partial charge in [0.05, 0.1) is 0 Å². The second-order valence-electron chi connectivity index (χ2n) is 12.6. The van der Waals surface area contributed by atoms with Crippen LogP contribution in [-0.4, -0.2) is 3.21 Å². The van der Waals surface area contributed by atoms with Crippen LogP contribution in [0.15, 0.2) is 113 Å². The van der Waals surface area contributed by atoms with E-state index in [0.29, 0.717) is 5.92 Å². The molecule has 6 rings (SSSR count). The molecule has 0 spiro atoms. The molecule has 5 heteroatoms. The smallest absolute Gasteiger partial charge is 1.00 e. The van der Waals surface area contributed by atoms with Crippen LogP contribution in [0.3, 0.4) is 0 Å². The summed E-state index contributed by atoms with van der Waals surface area (Å²) in [6.45, 7) is 17.6. The zero-order valence-corrected chi connectivity index (χ0v) is 31.5. The second-order valence-corrected chi connectivity index (χ2v) is 19.3. The van der Waals surface area contributed by atoms with E-state index < -0.39 is 21.3 Å². The van der Waals surface area contributed by atoms with Gasteiger partial charge in [0.2, 0.25) is 0 Å². The molecule has 0 radical (unpaired) electrons. The average molecular weight is 750 g/mol. The molecule has 0 N–H and O–H groups in total. The summed E-state index contributed by atoms with van der Waals surface area (Å²) in [6, 6.07) is 28.3. The summed E-state index contributed by atoms with van der Waals surface area (Å²) in [6.07, 6.45) is 9.90. The Bertz CT molecular complexity index is 1850. The fraction of sp³-hybridized carbons (Fsp3) is 0.175. The van der Waals surface area contributed by atoms with Crippen molar-refractivity contribution in [3.05, 3.63) is 156 Å². The van der Waals surface area contributed by atoms with Gasteiger partial charge in [-0.25, -0.2) is 0 Å². The third-order valence-corrected chi connectivity index (χ3v) is 17.1. The van der Waals surface area contributed by atoms with E-state index in [-0.39, 0.29) is 30.2 Å². The minimum atomic E-state index is -2.99. The van der Waals surface area contributed by atoms with Crippen LogP contribution >= 0.6 is 23.2 Å². The Morgan fingerprint density at radius 1 is 0.800 bits per heavy atom. The van der Waals surface area contributed by atoms with E-state index >= 15 is 0 Å². The first-order valence-corrected chi connectivity index (χ1v) is 19.3. The zero-order valence-electron chi connectivity index (χ0n) is 26.0. The molecule has 0 amide bonds. The van der Waals surface area contributed by atoms with Gasteiger partial charge in [-0.1, -0.05) is 0 Å². The van der Waals surface area contributed by atoms with Gasteiger partial charge in [-0.05, 0) is 0 Å². The Labute approximate surface area is 298 Å². The van der Waals surface area contributed by atoms with E-state index in [2.05, 4.69) is 120 Å². The molecule has 0 nitrogen and oxygen atoms in total. The van der Waals surface area contributed by atoms with Crippen molar-refractivity contribution in [1.29, 1.82) is 0 Å². The maximum absolute atomic E-state index is 6.70. The number of halogens is 4. The van der Waals surface area contributed by atoms with Gasteiger partial charge in [0.1, 0.15) is 0 Å². The molecule has 0 saturated heterocycles. The Balaban J connectivity index is 0.00000230. The first kappa shape index (κ1) is 35.6. The van der Waals surface area contributed by atoms with Crippen molar-refractivity contribution in [2.24, 2.45) is 11.3 Å². The van der Waals surface area contributed by atoms with Crippen molar-refractivity contribution >= 4 is 41.8 Å². The van der Waals surface area contributed by atoms with Crippen LogP contribution in [0.25, 0.3) is 23.3 Å². The maximum atomic E-state index is 6.70. The summed E-state index contributed by atoms with van der Waals surface area (Å²) < 4.78 is 4.48. The van der Waals surface area contributed by atoms with Crippen LogP contribution in [0, 0.1) is 11.3 Å². The Morgan fingerprint density at radius 3 is 1.93 bits per heavy atom. The van der Waals surface area contributed by atoms with Gasteiger partial charge >= 0.3 is 276 Å². The molecular formula is C40H36Cl4Zr. The van der Waals surface area contributed by atoms with Crippen LogP contribution in [0.4, 0.5) is 0 Å². The van der Waals surface area contributed by atoms with E-state index in [1.165, 1.54) is 45.4 Å². The van der Waals surface area contributed by atoms with Crippen molar-refractivity contribution in [3.8, 4) is 11.1 Å². The van der Waals surface area contributed by atoms with Gasteiger partial charge < -0.3 is 24.8 Å². The monoisotopic (exact) mass is 746 g/mol. The van der Waals surface area contributed by atoms with E-state index in [9.17, 15) is 0 Å². The molecular weight excluding hydrogens is 713 g/mol. The van der Waals surface area contributed by atoms with Crippen LogP contribution in [0.1, 0.15) is 61.1 Å². The number of allylic oxidation sites excluding steroid dienone is 4. The first-order valence-electron chi connectivity index (χ1n) is 14.8. The topological polar surface area (TPSA) is 0 Å². The fourth-order valence-electron chi connectivity index (χ4n) is 6.43. The summed E-state index contributed by atoms with van der Waals surface area (Å²) in [5, 5.41) is 1.49. The summed E-state index contributed by atoms with van der Waals surface area (Å²) >= 11 is 10.4. The van der Waals surface area contributed by atoms with Gasteiger partial charge in [-0.15, -0.1) is 0 Å². The molecule has 4 aromatic rings. The van der Waals surface area contributed by atoms with Gasteiger partial charge in [-0.2, -0.15) is 0 Å². The fourth-order valence-corrected chi connectivity index (χ4v) is 15.2. The van der Waals surface area contributed by atoms with Crippen molar-refractivity contribution in [3.63, 3.8) is 0 Å². The largest absolute Gasteiger partial charge is 1.00 e. The van der Waals surface area contributed by atoms with Crippen LogP contribution in [-0.2, 0) is 27.7 Å². The minimum absolute atomic E-state index is 0. The normalized spacial score (nSPS) is 14.5. The van der Waals surface area contributed by atoms with E-state index in [0.717, 1.165) is 27.6 Å². The van der Waals surface area contributed by atoms with Gasteiger partial charge in [0.15, 0.2) is 0 Å². The van der Waals surface area contributed by atoms with Crippen LogP contribution < -0.4 is 28.1 Å². The van der Waals surface area contributed by atoms with Crippen molar-refractivity contribution in [2.45, 2.75) is 34.1 Å². The molecule has 228 valence electrons. The van der Waals surface area contributed by atoms with Crippen LogP contribution in [0.2, 0.25) is 10.0 Å². The molecule has 1 atom stereocenters. The molecule has 1 unspecified atom stereocenters. The number of benzene rings is 4. The number of hydrogen-bond donors (Lipinski definition) is 0. The first-order chi connectivity index (χ1) is 20.6. The molecule has 2 aliphatic rings. The molecule has 2 aliphatic carbocycles. The van der Waals surface area contributed by atoms with Crippen molar-refractivity contribution in [1.82, 2.24) is 0 Å². The summed E-state index contributed by atoms with van der Waals surface area (Å²) in [7, 11) is 0. The molecule has 0 aliphatic heterocycles. The third-order valence-electron chi connectivity index (χ3n) is 8.67. The molecule has 4 aromatic carbocycles. The van der Waals surface area contributed by atoms with Gasteiger partial charge in [0.25, 0.3) is 0 Å². The minimum Gasteiger partial charge on any atom is -1.00 e. The van der Waals surface area contributed by atoms with Gasteiger partial charge in [0, 0.05) is 0 Å². The molecule has 0 fully saturated rings. The van der Waals surface area contributed by atoms with Crippen molar-refractivity contribution in [2.75, 3.05) is 0 Å². The van der Waals surface area contributed by atoms with E-state index in [1.54, 1.807) is 3.28 Å². The van der Waals surface area contributed by atoms with Gasteiger partial charge in [-0.3, -0.25) is 0 Å². The summed E-state index contributed by atoms with van der Waals surface area (Å²) in [5.41, 5.74) is 11.6.